The summed E-state index contributed by atoms with van der Waals surface area (Å²) < 4.78 is 13.3. The van der Waals surface area contributed by atoms with Crippen molar-refractivity contribution in [2.75, 3.05) is 11.9 Å². The SMILES string of the molecule is N#Cc1c(F)cccc1NC(=O)CCCCCN. The average Bonchev–Trinajstić information content (AvgIpc) is 2.35. The van der Waals surface area contributed by atoms with Crippen molar-refractivity contribution in [3.8, 4) is 6.07 Å². The number of nitrogens with zero attached hydrogens (tertiary/aromatic N) is 1. The lowest BCUT2D eigenvalue weighted by molar-refractivity contribution is -0.116. The van der Waals surface area contributed by atoms with Gasteiger partial charge >= 0.3 is 0 Å². The Kier molecular flexibility index (Phi) is 5.81. The highest BCUT2D eigenvalue weighted by atomic mass is 19.1. The van der Waals surface area contributed by atoms with Gasteiger partial charge in [0.2, 0.25) is 5.91 Å². The van der Waals surface area contributed by atoms with Crippen LogP contribution < -0.4 is 11.1 Å². The van der Waals surface area contributed by atoms with Crippen molar-refractivity contribution in [1.82, 2.24) is 0 Å². The van der Waals surface area contributed by atoms with Gasteiger partial charge in [-0.05, 0) is 31.5 Å². The third kappa shape index (κ3) is 4.15. The predicted molar refractivity (Wildman–Crippen MR) is 67.3 cm³/mol. The molecule has 96 valence electrons. The molecule has 4 nitrogen and oxygen atoms in total. The topological polar surface area (TPSA) is 78.9 Å². The maximum atomic E-state index is 13.3. The first-order valence-corrected chi connectivity index (χ1v) is 5.87. The first-order valence-electron chi connectivity index (χ1n) is 5.87. The highest BCUT2D eigenvalue weighted by Crippen LogP contribution is 2.18. The Morgan fingerprint density at radius 3 is 2.83 bits per heavy atom. The zero-order valence-corrected chi connectivity index (χ0v) is 10.1. The number of carbonyl (C=O) groups excluding carboxylic acids is 1. The summed E-state index contributed by atoms with van der Waals surface area (Å²) in [5, 5.41) is 11.3. The maximum Gasteiger partial charge on any atom is 0.224 e. The van der Waals surface area contributed by atoms with Crippen LogP contribution in [0, 0.1) is 17.1 Å². The average molecular weight is 249 g/mol. The Bertz CT molecular complexity index is 454. The Labute approximate surface area is 106 Å². The van der Waals surface area contributed by atoms with Gasteiger partial charge in [-0.25, -0.2) is 4.39 Å². The first-order chi connectivity index (χ1) is 8.69. The number of hydrogen-bond donors (Lipinski definition) is 2. The number of benzene rings is 1. The minimum absolute atomic E-state index is 0.132. The van der Waals surface area contributed by atoms with Gasteiger partial charge in [-0.2, -0.15) is 5.26 Å². The molecule has 0 saturated carbocycles. The largest absolute Gasteiger partial charge is 0.330 e. The molecular formula is C13H16FN3O. The van der Waals surface area contributed by atoms with Gasteiger partial charge in [0, 0.05) is 6.42 Å². The maximum absolute atomic E-state index is 13.3. The van der Waals surface area contributed by atoms with Gasteiger partial charge in [-0.1, -0.05) is 12.5 Å². The Balaban J connectivity index is 2.55. The summed E-state index contributed by atoms with van der Waals surface area (Å²) in [6, 6.07) is 5.90. The van der Waals surface area contributed by atoms with Gasteiger partial charge in [0.05, 0.1) is 5.69 Å². The summed E-state index contributed by atoms with van der Waals surface area (Å²) in [4.78, 5) is 11.6. The molecule has 0 radical (unpaired) electrons. The minimum atomic E-state index is -0.626. The van der Waals surface area contributed by atoms with Crippen LogP contribution in [0.4, 0.5) is 10.1 Å². The lowest BCUT2D eigenvalue weighted by atomic mass is 10.1. The van der Waals surface area contributed by atoms with E-state index in [1.165, 1.54) is 18.2 Å². The molecule has 0 aromatic heterocycles. The van der Waals surface area contributed by atoms with Gasteiger partial charge < -0.3 is 11.1 Å². The molecule has 0 aliphatic rings. The molecule has 0 aliphatic heterocycles. The zero-order valence-electron chi connectivity index (χ0n) is 10.1. The summed E-state index contributed by atoms with van der Waals surface area (Å²) in [6.45, 7) is 0.615. The van der Waals surface area contributed by atoms with E-state index in [-0.39, 0.29) is 17.2 Å². The van der Waals surface area contributed by atoms with Crippen LogP contribution in [0.1, 0.15) is 31.2 Å². The van der Waals surface area contributed by atoms with Crippen LogP contribution in [0.3, 0.4) is 0 Å². The van der Waals surface area contributed by atoms with Crippen LogP contribution in [-0.4, -0.2) is 12.5 Å². The van der Waals surface area contributed by atoms with Crippen LogP contribution in [-0.2, 0) is 4.79 Å². The van der Waals surface area contributed by atoms with E-state index in [2.05, 4.69) is 5.32 Å². The molecule has 0 bridgehead atoms. The monoisotopic (exact) mass is 249 g/mol. The van der Waals surface area contributed by atoms with E-state index < -0.39 is 5.82 Å². The highest BCUT2D eigenvalue weighted by Gasteiger charge is 2.10. The molecule has 0 spiro atoms. The number of nitriles is 1. The minimum Gasteiger partial charge on any atom is -0.330 e. The van der Waals surface area contributed by atoms with E-state index in [9.17, 15) is 9.18 Å². The summed E-state index contributed by atoms with van der Waals surface area (Å²) in [5.41, 5.74) is 5.44. The molecule has 1 rings (SSSR count). The van der Waals surface area contributed by atoms with Gasteiger partial charge in [-0.15, -0.1) is 0 Å². The normalized spacial score (nSPS) is 9.83. The van der Waals surface area contributed by atoms with Crippen molar-refractivity contribution in [2.45, 2.75) is 25.7 Å². The summed E-state index contributed by atoms with van der Waals surface area (Å²) in [6.07, 6.45) is 2.86. The van der Waals surface area contributed by atoms with Crippen LogP contribution in [0.2, 0.25) is 0 Å². The molecule has 1 aromatic carbocycles. The number of rotatable bonds is 6. The summed E-state index contributed by atoms with van der Waals surface area (Å²) in [5.74, 6) is -0.840. The van der Waals surface area contributed by atoms with Crippen molar-refractivity contribution in [2.24, 2.45) is 5.73 Å². The Morgan fingerprint density at radius 1 is 1.39 bits per heavy atom. The van der Waals surface area contributed by atoms with Crippen LogP contribution in [0.15, 0.2) is 18.2 Å². The predicted octanol–water partition coefficient (Wildman–Crippen LogP) is 2.15. The fraction of sp³-hybridized carbons (Fsp3) is 0.385. The molecule has 0 atom stereocenters. The van der Waals surface area contributed by atoms with E-state index in [0.717, 1.165) is 19.3 Å². The van der Waals surface area contributed by atoms with Crippen LogP contribution in [0.5, 0.6) is 0 Å². The number of unbranched alkanes of at least 4 members (excludes halogenated alkanes) is 2. The highest BCUT2D eigenvalue weighted by molar-refractivity contribution is 5.92. The Morgan fingerprint density at radius 2 is 2.17 bits per heavy atom. The smallest absolute Gasteiger partial charge is 0.224 e. The van der Waals surface area contributed by atoms with Crippen molar-refractivity contribution < 1.29 is 9.18 Å². The fourth-order valence-corrected chi connectivity index (χ4v) is 1.56. The van der Waals surface area contributed by atoms with Gasteiger partial charge in [0.15, 0.2) is 0 Å². The fourth-order valence-electron chi connectivity index (χ4n) is 1.56. The number of carbonyl (C=O) groups is 1. The van der Waals surface area contributed by atoms with E-state index in [0.29, 0.717) is 13.0 Å². The molecule has 1 aromatic rings. The molecule has 1 amide bonds. The molecular weight excluding hydrogens is 233 g/mol. The molecule has 3 N–H and O–H groups in total. The summed E-state index contributed by atoms with van der Waals surface area (Å²) in [7, 11) is 0. The van der Waals surface area contributed by atoms with Crippen molar-refractivity contribution in [3.63, 3.8) is 0 Å². The van der Waals surface area contributed by atoms with E-state index in [1.807, 2.05) is 0 Å². The van der Waals surface area contributed by atoms with E-state index >= 15 is 0 Å². The third-order valence-corrected chi connectivity index (χ3v) is 2.51. The quantitative estimate of drug-likeness (QED) is 0.758. The summed E-state index contributed by atoms with van der Waals surface area (Å²) >= 11 is 0. The second kappa shape index (κ2) is 7.41. The lowest BCUT2D eigenvalue weighted by Gasteiger charge is -2.07. The number of anilines is 1. The van der Waals surface area contributed by atoms with Crippen LogP contribution in [0.25, 0.3) is 0 Å². The molecule has 0 saturated heterocycles. The van der Waals surface area contributed by atoms with Crippen molar-refractivity contribution in [3.05, 3.63) is 29.6 Å². The molecule has 0 fully saturated rings. The molecule has 0 heterocycles. The molecule has 0 aliphatic carbocycles. The number of halogens is 1. The van der Waals surface area contributed by atoms with Crippen molar-refractivity contribution in [1.29, 1.82) is 5.26 Å². The third-order valence-electron chi connectivity index (χ3n) is 2.51. The van der Waals surface area contributed by atoms with E-state index in [4.69, 9.17) is 11.0 Å². The molecule has 5 heteroatoms. The van der Waals surface area contributed by atoms with Crippen LogP contribution >= 0.6 is 0 Å². The second-order valence-electron chi connectivity index (χ2n) is 3.92. The number of amides is 1. The lowest BCUT2D eigenvalue weighted by Crippen LogP contribution is -2.12. The van der Waals surface area contributed by atoms with Crippen molar-refractivity contribution >= 4 is 11.6 Å². The second-order valence-corrected chi connectivity index (χ2v) is 3.92. The zero-order chi connectivity index (χ0) is 13.4. The molecule has 18 heavy (non-hydrogen) atoms. The first kappa shape index (κ1) is 14.1. The van der Waals surface area contributed by atoms with Gasteiger partial charge in [0.25, 0.3) is 0 Å². The number of nitrogens with two attached hydrogens (primary N) is 1. The van der Waals surface area contributed by atoms with Gasteiger partial charge in [0.1, 0.15) is 17.4 Å². The Hall–Kier alpha value is -1.93. The standard InChI is InChI=1S/C13H16FN3O/c14-11-5-4-6-12(10(11)9-16)17-13(18)7-2-1-3-8-15/h4-6H,1-3,7-8,15H2,(H,17,18). The number of nitrogens with one attached hydrogen (secondary N) is 1. The van der Waals surface area contributed by atoms with Gasteiger partial charge in [-0.3, -0.25) is 4.79 Å². The number of hydrogen-bond acceptors (Lipinski definition) is 3. The van der Waals surface area contributed by atoms with E-state index in [1.54, 1.807) is 6.07 Å². The molecule has 0 unspecified atom stereocenters.